The third-order valence-corrected chi connectivity index (χ3v) is 7.87. The number of benzene rings is 2. The summed E-state index contributed by atoms with van der Waals surface area (Å²) >= 11 is 0. The minimum atomic E-state index is -5.11. The first-order chi connectivity index (χ1) is 15.6. The Balaban J connectivity index is 1.59. The first-order valence-electron chi connectivity index (χ1n) is 11.5. The zero-order valence-electron chi connectivity index (χ0n) is 19.1. The van der Waals surface area contributed by atoms with Gasteiger partial charge in [-0.25, -0.2) is 0 Å². The molecule has 2 aliphatic rings. The van der Waals surface area contributed by atoms with Crippen molar-refractivity contribution in [2.75, 3.05) is 26.2 Å². The molecule has 2 aromatic rings. The summed E-state index contributed by atoms with van der Waals surface area (Å²) in [6, 6.07) is 13.0. The molecule has 1 amide bonds. The first-order valence-corrected chi connectivity index (χ1v) is 11.5. The number of hydrogen-bond donors (Lipinski definition) is 2. The summed E-state index contributed by atoms with van der Waals surface area (Å²) in [5.41, 5.74) is -0.321. The topological polar surface area (TPSA) is 52.6 Å². The van der Waals surface area contributed by atoms with Gasteiger partial charge in [-0.05, 0) is 61.8 Å². The van der Waals surface area contributed by atoms with Crippen LogP contribution in [0.3, 0.4) is 0 Å². The van der Waals surface area contributed by atoms with Gasteiger partial charge in [0.1, 0.15) is 0 Å². The summed E-state index contributed by atoms with van der Waals surface area (Å²) in [5, 5.41) is 14.2. The largest absolute Gasteiger partial charge is 0.430 e. The van der Waals surface area contributed by atoms with Gasteiger partial charge >= 0.3 is 6.18 Å². The lowest BCUT2D eigenvalue weighted by molar-refractivity contribution is -0.262. The molecule has 1 unspecified atom stereocenters. The molecule has 7 heteroatoms. The highest BCUT2D eigenvalue weighted by Crippen LogP contribution is 2.50. The molecule has 4 nitrogen and oxygen atoms in total. The van der Waals surface area contributed by atoms with Crippen LogP contribution in [0.4, 0.5) is 13.2 Å². The van der Waals surface area contributed by atoms with E-state index < -0.39 is 23.2 Å². The zero-order valence-corrected chi connectivity index (χ0v) is 19.1. The van der Waals surface area contributed by atoms with Crippen molar-refractivity contribution in [1.82, 2.24) is 10.2 Å². The van der Waals surface area contributed by atoms with E-state index in [-0.39, 0.29) is 24.4 Å². The number of aryl methyl sites for hydroxylation is 1. The maximum Gasteiger partial charge on any atom is 0.430 e. The van der Waals surface area contributed by atoms with Gasteiger partial charge in [-0.1, -0.05) is 48.5 Å². The van der Waals surface area contributed by atoms with Crippen molar-refractivity contribution in [3.8, 4) is 0 Å². The monoisotopic (exact) mass is 460 g/mol. The van der Waals surface area contributed by atoms with Crippen molar-refractivity contribution in [3.05, 3.63) is 70.8 Å². The number of nitrogens with zero attached hydrogens (tertiary/aromatic N) is 1. The summed E-state index contributed by atoms with van der Waals surface area (Å²) in [6.07, 6.45) is -2.98. The molecule has 0 saturated carbocycles. The van der Waals surface area contributed by atoms with Crippen molar-refractivity contribution in [3.63, 3.8) is 0 Å². The number of piperidine rings is 2. The van der Waals surface area contributed by atoms with Gasteiger partial charge < -0.3 is 15.3 Å². The molecule has 2 aromatic carbocycles. The highest BCUT2D eigenvalue weighted by Gasteiger charge is 2.62. The summed E-state index contributed by atoms with van der Waals surface area (Å²) in [5.74, 6) is -1.05. The second kappa shape index (κ2) is 8.76. The van der Waals surface area contributed by atoms with Gasteiger partial charge in [0, 0.05) is 31.1 Å². The summed E-state index contributed by atoms with van der Waals surface area (Å²) in [4.78, 5) is 14.3. The Kier molecular flexibility index (Phi) is 6.31. The predicted octanol–water partition coefficient (Wildman–Crippen LogP) is 4.44. The number of rotatable bonds is 3. The Hall–Kier alpha value is -2.38. The van der Waals surface area contributed by atoms with Crippen LogP contribution in [-0.4, -0.2) is 48.3 Å². The van der Waals surface area contributed by atoms with E-state index in [1.165, 1.54) is 33.7 Å². The minimum Gasteiger partial charge on any atom is -0.369 e. The highest BCUT2D eigenvalue weighted by atomic mass is 19.4. The molecule has 0 aliphatic carbocycles. The molecule has 1 spiro atoms. The molecule has 33 heavy (non-hydrogen) atoms. The Labute approximate surface area is 192 Å². The van der Waals surface area contributed by atoms with Crippen molar-refractivity contribution >= 4 is 5.91 Å². The fraction of sp³-hybridized carbons (Fsp3) is 0.500. The third-order valence-electron chi connectivity index (χ3n) is 7.87. The molecule has 2 atom stereocenters. The number of alkyl halides is 3. The predicted molar refractivity (Wildman–Crippen MR) is 121 cm³/mol. The Bertz CT molecular complexity index is 1000. The second-order valence-electron chi connectivity index (χ2n) is 9.52. The van der Waals surface area contributed by atoms with Gasteiger partial charge in [0.2, 0.25) is 0 Å². The molecule has 0 radical (unpaired) electrons. The molecule has 2 heterocycles. The highest BCUT2D eigenvalue weighted by molar-refractivity contribution is 5.87. The van der Waals surface area contributed by atoms with Crippen LogP contribution < -0.4 is 5.32 Å². The van der Waals surface area contributed by atoms with E-state index in [9.17, 15) is 23.1 Å². The van der Waals surface area contributed by atoms with Gasteiger partial charge in [0.25, 0.3) is 11.5 Å². The smallest absolute Gasteiger partial charge is 0.369 e. The van der Waals surface area contributed by atoms with Gasteiger partial charge in [-0.3, -0.25) is 4.79 Å². The number of carbonyl (C=O) groups is 1. The molecular weight excluding hydrogens is 429 g/mol. The molecule has 2 N–H and O–H groups in total. The van der Waals surface area contributed by atoms with Gasteiger partial charge in [-0.15, -0.1) is 0 Å². The van der Waals surface area contributed by atoms with Gasteiger partial charge in [-0.2, -0.15) is 13.2 Å². The summed E-state index contributed by atoms with van der Waals surface area (Å²) < 4.78 is 42.0. The van der Waals surface area contributed by atoms with Crippen LogP contribution in [0.1, 0.15) is 47.4 Å². The van der Waals surface area contributed by atoms with Gasteiger partial charge in [0.05, 0.1) is 0 Å². The van der Waals surface area contributed by atoms with E-state index in [2.05, 4.69) is 37.4 Å². The molecule has 0 aromatic heterocycles. The standard InChI is InChI=1S/C26H31F3N2O2/c1-18-7-6-10-21(19(18)2)22-17-30-14-11-24(22)12-15-31(16-13-24)23(32)25(33,26(27,28)29)20-8-4-3-5-9-20/h3-10,22,30,33H,11-17H2,1-2H3/t22?,25-/m1/s1. The summed E-state index contributed by atoms with van der Waals surface area (Å²) in [7, 11) is 0. The van der Waals surface area contributed by atoms with Crippen molar-refractivity contribution in [2.24, 2.45) is 5.41 Å². The molecule has 178 valence electrons. The Morgan fingerprint density at radius 1 is 1.03 bits per heavy atom. The normalized spacial score (nSPS) is 22.7. The van der Waals surface area contributed by atoms with E-state index >= 15 is 0 Å². The first kappa shape index (κ1) is 23.8. The lowest BCUT2D eigenvalue weighted by atomic mass is 9.62. The molecule has 0 bridgehead atoms. The number of aliphatic hydroxyl groups is 1. The number of nitrogens with one attached hydrogen (secondary N) is 1. The van der Waals surface area contributed by atoms with E-state index in [0.29, 0.717) is 12.8 Å². The average Bonchev–Trinajstić information content (AvgIpc) is 2.81. The van der Waals surface area contributed by atoms with E-state index in [0.717, 1.165) is 31.6 Å². The van der Waals surface area contributed by atoms with E-state index in [1.807, 2.05) is 0 Å². The van der Waals surface area contributed by atoms with Crippen LogP contribution in [0.15, 0.2) is 48.5 Å². The molecule has 2 saturated heterocycles. The average molecular weight is 461 g/mol. The fourth-order valence-corrected chi connectivity index (χ4v) is 5.64. The fourth-order valence-electron chi connectivity index (χ4n) is 5.64. The Morgan fingerprint density at radius 3 is 2.33 bits per heavy atom. The van der Waals surface area contributed by atoms with Crippen molar-refractivity contribution in [1.29, 1.82) is 0 Å². The lowest BCUT2D eigenvalue weighted by Gasteiger charge is -2.51. The number of hydrogen-bond acceptors (Lipinski definition) is 3. The van der Waals surface area contributed by atoms with Crippen molar-refractivity contribution < 1.29 is 23.1 Å². The van der Waals surface area contributed by atoms with E-state index in [4.69, 9.17) is 0 Å². The van der Waals surface area contributed by atoms with Crippen LogP contribution >= 0.6 is 0 Å². The summed E-state index contributed by atoms with van der Waals surface area (Å²) in [6.45, 7) is 6.27. The molecule has 2 aliphatic heterocycles. The quantitative estimate of drug-likeness (QED) is 0.712. The minimum absolute atomic E-state index is 0.0797. The number of amides is 1. The van der Waals surface area contributed by atoms with Gasteiger partial charge in [0.15, 0.2) is 0 Å². The molecular formula is C26H31F3N2O2. The second-order valence-corrected chi connectivity index (χ2v) is 9.52. The number of halogens is 3. The maximum atomic E-state index is 14.0. The van der Waals surface area contributed by atoms with Crippen LogP contribution in [0, 0.1) is 19.3 Å². The van der Waals surface area contributed by atoms with Crippen LogP contribution in [0.25, 0.3) is 0 Å². The van der Waals surface area contributed by atoms with E-state index in [1.54, 1.807) is 6.07 Å². The maximum absolute atomic E-state index is 14.0. The van der Waals surface area contributed by atoms with Crippen molar-refractivity contribution in [2.45, 2.75) is 50.8 Å². The number of likely N-dealkylation sites (tertiary alicyclic amines) is 1. The third kappa shape index (κ3) is 4.06. The number of carbonyl (C=O) groups excluding carboxylic acids is 1. The van der Waals surface area contributed by atoms with Crippen LogP contribution in [0.2, 0.25) is 0 Å². The van der Waals surface area contributed by atoms with Crippen LogP contribution in [-0.2, 0) is 10.4 Å². The van der Waals surface area contributed by atoms with Crippen LogP contribution in [0.5, 0.6) is 0 Å². The Morgan fingerprint density at radius 2 is 1.70 bits per heavy atom. The zero-order chi connectivity index (χ0) is 23.9. The SMILES string of the molecule is Cc1cccc(C2CNCCC23CCN(C(=O)[C@](O)(c2ccccc2)C(F)(F)F)CC3)c1C. The molecule has 4 rings (SSSR count). The molecule has 2 fully saturated rings. The lowest BCUT2D eigenvalue weighted by Crippen LogP contribution is -2.59.